The van der Waals surface area contributed by atoms with E-state index < -0.39 is 0 Å². The van der Waals surface area contributed by atoms with Crippen molar-refractivity contribution in [3.8, 4) is 0 Å². The maximum absolute atomic E-state index is 12.2. The molecule has 0 saturated heterocycles. The molecule has 1 unspecified atom stereocenters. The predicted octanol–water partition coefficient (Wildman–Crippen LogP) is 2.27. The van der Waals surface area contributed by atoms with Crippen LogP contribution in [0.5, 0.6) is 0 Å². The van der Waals surface area contributed by atoms with Gasteiger partial charge in [0.05, 0.1) is 7.05 Å². The van der Waals surface area contributed by atoms with Crippen molar-refractivity contribution in [1.82, 2.24) is 0 Å². The van der Waals surface area contributed by atoms with Crippen molar-refractivity contribution >= 4 is 11.6 Å². The number of likely N-dealkylation sites (N-methyl/N-ethyl adjacent to an activating group) is 1. The van der Waals surface area contributed by atoms with Gasteiger partial charge in [-0.2, -0.15) is 0 Å². The Bertz CT molecular complexity index is 664. The summed E-state index contributed by atoms with van der Waals surface area (Å²) in [5.41, 5.74) is 5.78. The summed E-state index contributed by atoms with van der Waals surface area (Å²) in [5, 5.41) is 3.01. The molecule has 2 aromatic rings. The topological polar surface area (TPSA) is 33.5 Å². The molecule has 22 heavy (non-hydrogen) atoms. The van der Waals surface area contributed by atoms with Crippen LogP contribution < -0.4 is 10.2 Å². The number of rotatable bonds is 5. The molecule has 3 nitrogen and oxygen atoms in total. The SMILES string of the molecule is Cc1ccc(NC(=O)C[NH+](C)Cc2ccccc2C)c(C)c1. The number of quaternary nitrogens is 1. The molecule has 0 aliphatic rings. The molecule has 2 aromatic carbocycles. The molecule has 0 bridgehead atoms. The zero-order valence-electron chi connectivity index (χ0n) is 13.9. The average molecular weight is 297 g/mol. The molecule has 1 atom stereocenters. The second-order valence-electron chi connectivity index (χ2n) is 6.10. The Morgan fingerprint density at radius 1 is 1.05 bits per heavy atom. The van der Waals surface area contributed by atoms with Crippen molar-refractivity contribution in [2.24, 2.45) is 0 Å². The van der Waals surface area contributed by atoms with E-state index in [1.54, 1.807) is 0 Å². The second kappa shape index (κ2) is 7.23. The largest absolute Gasteiger partial charge is 0.326 e. The van der Waals surface area contributed by atoms with E-state index in [0.717, 1.165) is 17.8 Å². The van der Waals surface area contributed by atoms with Crippen LogP contribution in [0.4, 0.5) is 5.69 Å². The van der Waals surface area contributed by atoms with Crippen molar-refractivity contribution < 1.29 is 9.69 Å². The van der Waals surface area contributed by atoms with E-state index in [-0.39, 0.29) is 5.91 Å². The maximum atomic E-state index is 12.2. The standard InChI is InChI=1S/C19H24N2O/c1-14-9-10-18(16(3)11-14)20-19(22)13-21(4)12-17-8-6-5-7-15(17)2/h5-11H,12-13H2,1-4H3,(H,20,22)/p+1. The average Bonchev–Trinajstić information content (AvgIpc) is 2.44. The van der Waals surface area contributed by atoms with Gasteiger partial charge in [0.1, 0.15) is 6.54 Å². The Balaban J connectivity index is 1.93. The number of hydrogen-bond donors (Lipinski definition) is 2. The third kappa shape index (κ3) is 4.43. The van der Waals surface area contributed by atoms with Crippen LogP contribution in [0.2, 0.25) is 0 Å². The van der Waals surface area contributed by atoms with E-state index >= 15 is 0 Å². The van der Waals surface area contributed by atoms with Crippen LogP contribution in [0.25, 0.3) is 0 Å². The number of benzene rings is 2. The fraction of sp³-hybridized carbons (Fsp3) is 0.316. The molecule has 0 aromatic heterocycles. The van der Waals surface area contributed by atoms with Crippen molar-refractivity contribution in [3.63, 3.8) is 0 Å². The first kappa shape index (κ1) is 16.2. The fourth-order valence-corrected chi connectivity index (χ4v) is 2.62. The molecule has 2 N–H and O–H groups in total. The normalized spacial score (nSPS) is 12.0. The molecule has 2 rings (SSSR count). The number of amides is 1. The molecule has 0 aliphatic heterocycles. The van der Waals surface area contributed by atoms with Crippen LogP contribution in [-0.2, 0) is 11.3 Å². The van der Waals surface area contributed by atoms with E-state index in [9.17, 15) is 4.79 Å². The molecule has 0 aliphatic carbocycles. The van der Waals surface area contributed by atoms with Crippen molar-refractivity contribution in [1.29, 1.82) is 0 Å². The lowest BCUT2D eigenvalue weighted by Crippen LogP contribution is -3.08. The second-order valence-corrected chi connectivity index (χ2v) is 6.10. The summed E-state index contributed by atoms with van der Waals surface area (Å²) >= 11 is 0. The van der Waals surface area contributed by atoms with Gasteiger partial charge in [0.25, 0.3) is 5.91 Å². The summed E-state index contributed by atoms with van der Waals surface area (Å²) < 4.78 is 0. The quantitative estimate of drug-likeness (QED) is 0.872. The lowest BCUT2D eigenvalue weighted by Gasteiger charge is -2.16. The van der Waals surface area contributed by atoms with E-state index in [2.05, 4.69) is 37.4 Å². The molecule has 0 heterocycles. The highest BCUT2D eigenvalue weighted by atomic mass is 16.2. The molecule has 0 fully saturated rings. The van der Waals surface area contributed by atoms with Crippen LogP contribution in [-0.4, -0.2) is 19.5 Å². The molecule has 0 radical (unpaired) electrons. The maximum Gasteiger partial charge on any atom is 0.279 e. The fourth-order valence-electron chi connectivity index (χ4n) is 2.62. The third-order valence-corrected chi connectivity index (χ3v) is 3.87. The minimum absolute atomic E-state index is 0.0537. The van der Waals surface area contributed by atoms with Gasteiger partial charge in [-0.3, -0.25) is 4.79 Å². The van der Waals surface area contributed by atoms with Crippen LogP contribution in [0, 0.1) is 20.8 Å². The van der Waals surface area contributed by atoms with E-state index in [4.69, 9.17) is 0 Å². The van der Waals surface area contributed by atoms with Gasteiger partial charge in [-0.25, -0.2) is 0 Å². The van der Waals surface area contributed by atoms with Gasteiger partial charge in [-0.15, -0.1) is 0 Å². The van der Waals surface area contributed by atoms with Gasteiger partial charge in [0, 0.05) is 11.3 Å². The Labute approximate surface area is 133 Å². The smallest absolute Gasteiger partial charge is 0.279 e. The van der Waals surface area contributed by atoms with E-state index in [1.165, 1.54) is 21.6 Å². The third-order valence-electron chi connectivity index (χ3n) is 3.87. The minimum atomic E-state index is 0.0537. The number of hydrogen-bond acceptors (Lipinski definition) is 1. The van der Waals surface area contributed by atoms with Gasteiger partial charge in [0.15, 0.2) is 6.54 Å². The van der Waals surface area contributed by atoms with Gasteiger partial charge in [0.2, 0.25) is 0 Å². The molecular formula is C19H25N2O+. The van der Waals surface area contributed by atoms with E-state index in [0.29, 0.717) is 6.54 Å². The summed E-state index contributed by atoms with van der Waals surface area (Å²) in [5.74, 6) is 0.0537. The first-order chi connectivity index (χ1) is 10.5. The van der Waals surface area contributed by atoms with Crippen molar-refractivity contribution in [3.05, 3.63) is 64.7 Å². The molecule has 116 valence electrons. The molecule has 1 amide bonds. The number of carbonyl (C=O) groups is 1. The Morgan fingerprint density at radius 3 is 2.45 bits per heavy atom. The number of carbonyl (C=O) groups excluding carboxylic acids is 1. The zero-order valence-corrected chi connectivity index (χ0v) is 13.9. The van der Waals surface area contributed by atoms with Crippen LogP contribution in [0.1, 0.15) is 22.3 Å². The monoisotopic (exact) mass is 297 g/mol. The van der Waals surface area contributed by atoms with Crippen LogP contribution >= 0.6 is 0 Å². The summed E-state index contributed by atoms with van der Waals surface area (Å²) in [7, 11) is 2.05. The van der Waals surface area contributed by atoms with Crippen LogP contribution in [0.15, 0.2) is 42.5 Å². The minimum Gasteiger partial charge on any atom is -0.326 e. The molecule has 0 spiro atoms. The highest BCUT2D eigenvalue weighted by Gasteiger charge is 2.12. The van der Waals surface area contributed by atoms with Crippen LogP contribution in [0.3, 0.4) is 0 Å². The summed E-state index contributed by atoms with van der Waals surface area (Å²) in [6.07, 6.45) is 0. The van der Waals surface area contributed by atoms with Gasteiger partial charge < -0.3 is 10.2 Å². The first-order valence-electron chi connectivity index (χ1n) is 7.68. The number of anilines is 1. The highest BCUT2D eigenvalue weighted by Crippen LogP contribution is 2.15. The lowest BCUT2D eigenvalue weighted by molar-refractivity contribution is -0.885. The molecule has 0 saturated carbocycles. The summed E-state index contributed by atoms with van der Waals surface area (Å²) in [4.78, 5) is 13.4. The lowest BCUT2D eigenvalue weighted by atomic mass is 10.1. The summed E-state index contributed by atoms with van der Waals surface area (Å²) in [6, 6.07) is 14.4. The molecular weight excluding hydrogens is 272 g/mol. The zero-order chi connectivity index (χ0) is 16.1. The van der Waals surface area contributed by atoms with E-state index in [1.807, 2.05) is 38.2 Å². The number of aryl methyl sites for hydroxylation is 3. The Hall–Kier alpha value is -2.13. The predicted molar refractivity (Wildman–Crippen MR) is 91.2 cm³/mol. The number of nitrogens with one attached hydrogen (secondary N) is 2. The molecule has 3 heteroatoms. The van der Waals surface area contributed by atoms with Gasteiger partial charge in [-0.05, 0) is 38.0 Å². The van der Waals surface area contributed by atoms with Crippen molar-refractivity contribution in [2.75, 3.05) is 18.9 Å². The summed E-state index contributed by atoms with van der Waals surface area (Å²) in [6.45, 7) is 7.50. The van der Waals surface area contributed by atoms with Gasteiger partial charge >= 0.3 is 0 Å². The van der Waals surface area contributed by atoms with Gasteiger partial charge in [-0.1, -0.05) is 42.0 Å². The Morgan fingerprint density at radius 2 is 1.77 bits per heavy atom. The first-order valence-corrected chi connectivity index (χ1v) is 7.68. The van der Waals surface area contributed by atoms with Crippen molar-refractivity contribution in [2.45, 2.75) is 27.3 Å². The highest BCUT2D eigenvalue weighted by molar-refractivity contribution is 5.92. The Kier molecular flexibility index (Phi) is 5.34.